The van der Waals surface area contributed by atoms with E-state index in [2.05, 4.69) is 6.92 Å². The monoisotopic (exact) mass is 360 g/mol. The van der Waals surface area contributed by atoms with Crippen molar-refractivity contribution in [2.45, 2.75) is 57.7 Å². The molecule has 26 heavy (non-hydrogen) atoms. The standard InChI is InChI=1S/C22H32O4/c1-2-3-10-15-20(23)17-12-8-9-13-18-21(24)16-11-6-4-5-7-14-19-22(25)26/h3,5-13,17-18,20-21,23-24H,2,4,14-16,19H2,1H3,(H,25,26)/b7-5-,9-8+,10-3-,11-6-,17-12-,18-13+/t20-,21-/m1/s1. The first kappa shape index (κ1) is 23.8. The lowest BCUT2D eigenvalue weighted by atomic mass is 10.2. The summed E-state index contributed by atoms with van der Waals surface area (Å²) in [7, 11) is 0. The van der Waals surface area contributed by atoms with Crippen molar-refractivity contribution < 1.29 is 20.1 Å². The molecule has 0 fully saturated rings. The molecule has 2 atom stereocenters. The van der Waals surface area contributed by atoms with E-state index < -0.39 is 18.2 Å². The van der Waals surface area contributed by atoms with Gasteiger partial charge in [-0.25, -0.2) is 0 Å². The van der Waals surface area contributed by atoms with Gasteiger partial charge in [0, 0.05) is 6.42 Å². The maximum atomic E-state index is 10.3. The van der Waals surface area contributed by atoms with Crippen molar-refractivity contribution in [3.05, 3.63) is 72.9 Å². The van der Waals surface area contributed by atoms with Crippen LogP contribution < -0.4 is 0 Å². The van der Waals surface area contributed by atoms with Crippen LogP contribution in [0.25, 0.3) is 0 Å². The SMILES string of the molecule is CC/C=C\C[C@@H](O)\C=C/C=C/C=C/[C@H](O)C/C=C\C/C=C\CCC(=O)O. The molecule has 0 aromatic rings. The predicted molar refractivity (Wildman–Crippen MR) is 108 cm³/mol. The van der Waals surface area contributed by atoms with Crippen molar-refractivity contribution >= 4 is 5.97 Å². The summed E-state index contributed by atoms with van der Waals surface area (Å²) in [6.45, 7) is 2.06. The van der Waals surface area contributed by atoms with Crippen LogP contribution in [0.5, 0.6) is 0 Å². The number of aliphatic hydroxyl groups is 2. The van der Waals surface area contributed by atoms with Gasteiger partial charge >= 0.3 is 5.97 Å². The smallest absolute Gasteiger partial charge is 0.303 e. The van der Waals surface area contributed by atoms with E-state index in [1.807, 2.05) is 48.6 Å². The van der Waals surface area contributed by atoms with Gasteiger partial charge in [0.2, 0.25) is 0 Å². The van der Waals surface area contributed by atoms with Crippen LogP contribution in [0.4, 0.5) is 0 Å². The van der Waals surface area contributed by atoms with E-state index in [0.717, 1.165) is 12.8 Å². The van der Waals surface area contributed by atoms with Gasteiger partial charge in [0.15, 0.2) is 0 Å². The molecule has 0 aliphatic rings. The molecule has 0 spiro atoms. The molecular formula is C22H32O4. The van der Waals surface area contributed by atoms with Crippen LogP contribution in [-0.2, 0) is 4.79 Å². The van der Waals surface area contributed by atoms with E-state index in [4.69, 9.17) is 5.11 Å². The Morgan fingerprint density at radius 1 is 0.808 bits per heavy atom. The minimum atomic E-state index is -0.787. The topological polar surface area (TPSA) is 77.8 Å². The van der Waals surface area contributed by atoms with Crippen LogP contribution in [-0.4, -0.2) is 33.5 Å². The number of rotatable bonds is 14. The fourth-order valence-corrected chi connectivity index (χ4v) is 1.90. The zero-order chi connectivity index (χ0) is 19.5. The van der Waals surface area contributed by atoms with Crippen LogP contribution in [0.15, 0.2) is 72.9 Å². The highest BCUT2D eigenvalue weighted by Gasteiger charge is 1.94. The molecule has 3 N–H and O–H groups in total. The summed E-state index contributed by atoms with van der Waals surface area (Å²) >= 11 is 0. The highest BCUT2D eigenvalue weighted by atomic mass is 16.4. The molecule has 4 heteroatoms. The summed E-state index contributed by atoms with van der Waals surface area (Å²) in [5, 5.41) is 28.0. The average Bonchev–Trinajstić information content (AvgIpc) is 2.60. The molecule has 0 aliphatic heterocycles. The van der Waals surface area contributed by atoms with Crippen molar-refractivity contribution in [2.75, 3.05) is 0 Å². The summed E-state index contributed by atoms with van der Waals surface area (Å²) in [6.07, 6.45) is 24.8. The van der Waals surface area contributed by atoms with Gasteiger partial charge in [-0.2, -0.15) is 0 Å². The third-order valence-electron chi connectivity index (χ3n) is 3.29. The van der Waals surface area contributed by atoms with E-state index in [0.29, 0.717) is 19.3 Å². The Labute approximate surface area is 157 Å². The molecule has 0 rings (SSSR count). The van der Waals surface area contributed by atoms with Gasteiger partial charge in [-0.1, -0.05) is 79.8 Å². The van der Waals surface area contributed by atoms with Gasteiger partial charge in [-0.05, 0) is 32.1 Å². The zero-order valence-electron chi connectivity index (χ0n) is 15.6. The number of allylic oxidation sites excluding steroid dienone is 8. The maximum Gasteiger partial charge on any atom is 0.303 e. The number of aliphatic hydroxyl groups excluding tert-OH is 2. The Morgan fingerprint density at radius 2 is 1.35 bits per heavy atom. The maximum absolute atomic E-state index is 10.3. The Balaban J connectivity index is 3.87. The second-order valence-electron chi connectivity index (χ2n) is 5.75. The molecule has 0 aromatic carbocycles. The first-order chi connectivity index (χ1) is 12.6. The predicted octanol–water partition coefficient (Wildman–Crippen LogP) is 4.49. The molecule has 0 unspecified atom stereocenters. The molecule has 0 saturated carbocycles. The largest absolute Gasteiger partial charge is 0.481 e. The number of carbonyl (C=O) groups is 1. The molecule has 0 amide bonds. The summed E-state index contributed by atoms with van der Waals surface area (Å²) in [6, 6.07) is 0. The second-order valence-corrected chi connectivity index (χ2v) is 5.75. The fourth-order valence-electron chi connectivity index (χ4n) is 1.90. The summed E-state index contributed by atoms with van der Waals surface area (Å²) in [5.74, 6) is -0.787. The van der Waals surface area contributed by atoms with Crippen LogP contribution >= 0.6 is 0 Å². The van der Waals surface area contributed by atoms with Crippen LogP contribution in [0.1, 0.15) is 45.4 Å². The minimum absolute atomic E-state index is 0.154. The second kappa shape index (κ2) is 17.6. The minimum Gasteiger partial charge on any atom is -0.481 e. The van der Waals surface area contributed by atoms with Crippen molar-refractivity contribution in [3.63, 3.8) is 0 Å². The lowest BCUT2D eigenvalue weighted by Gasteiger charge is -1.99. The lowest BCUT2D eigenvalue weighted by Crippen LogP contribution is -1.98. The quantitative estimate of drug-likeness (QED) is 0.315. The van der Waals surface area contributed by atoms with E-state index >= 15 is 0 Å². The molecular weight excluding hydrogens is 328 g/mol. The summed E-state index contributed by atoms with van der Waals surface area (Å²) in [5.41, 5.74) is 0. The molecule has 0 saturated heterocycles. The Kier molecular flexibility index (Phi) is 16.2. The molecule has 0 aliphatic carbocycles. The van der Waals surface area contributed by atoms with Gasteiger partial charge in [0.25, 0.3) is 0 Å². The Bertz CT molecular complexity index is 524. The first-order valence-corrected chi connectivity index (χ1v) is 9.10. The van der Waals surface area contributed by atoms with Crippen molar-refractivity contribution in [3.8, 4) is 0 Å². The van der Waals surface area contributed by atoms with Gasteiger partial charge in [-0.15, -0.1) is 0 Å². The highest BCUT2D eigenvalue weighted by Crippen LogP contribution is 2.00. The van der Waals surface area contributed by atoms with Gasteiger partial charge in [0.05, 0.1) is 12.2 Å². The van der Waals surface area contributed by atoms with Gasteiger partial charge < -0.3 is 15.3 Å². The van der Waals surface area contributed by atoms with E-state index in [1.165, 1.54) is 0 Å². The molecule has 0 bridgehead atoms. The van der Waals surface area contributed by atoms with Crippen LogP contribution in [0.3, 0.4) is 0 Å². The molecule has 0 radical (unpaired) electrons. The van der Waals surface area contributed by atoms with E-state index in [9.17, 15) is 15.0 Å². The normalized spacial score (nSPS) is 15.5. The van der Waals surface area contributed by atoms with Crippen LogP contribution in [0.2, 0.25) is 0 Å². The van der Waals surface area contributed by atoms with E-state index in [1.54, 1.807) is 24.3 Å². The number of hydrogen-bond donors (Lipinski definition) is 3. The molecule has 0 aromatic heterocycles. The third-order valence-corrected chi connectivity index (χ3v) is 3.29. The number of carboxylic acids is 1. The number of hydrogen-bond acceptors (Lipinski definition) is 3. The number of carboxylic acid groups (broad SMARTS) is 1. The van der Waals surface area contributed by atoms with E-state index in [-0.39, 0.29) is 6.42 Å². The van der Waals surface area contributed by atoms with Crippen molar-refractivity contribution in [2.24, 2.45) is 0 Å². The van der Waals surface area contributed by atoms with Gasteiger partial charge in [-0.3, -0.25) is 4.79 Å². The summed E-state index contributed by atoms with van der Waals surface area (Å²) in [4.78, 5) is 10.3. The first-order valence-electron chi connectivity index (χ1n) is 9.10. The highest BCUT2D eigenvalue weighted by molar-refractivity contribution is 5.66. The zero-order valence-corrected chi connectivity index (χ0v) is 15.6. The average molecular weight is 360 g/mol. The van der Waals surface area contributed by atoms with Crippen molar-refractivity contribution in [1.82, 2.24) is 0 Å². The Hall–Kier alpha value is -2.17. The summed E-state index contributed by atoms with van der Waals surface area (Å²) < 4.78 is 0. The van der Waals surface area contributed by atoms with Gasteiger partial charge in [0.1, 0.15) is 0 Å². The number of aliphatic carboxylic acids is 1. The third kappa shape index (κ3) is 18.2. The molecule has 144 valence electrons. The van der Waals surface area contributed by atoms with Crippen molar-refractivity contribution in [1.29, 1.82) is 0 Å². The molecule has 4 nitrogen and oxygen atoms in total. The lowest BCUT2D eigenvalue weighted by molar-refractivity contribution is -0.136. The fraction of sp³-hybridized carbons (Fsp3) is 0.409. The molecule has 0 heterocycles. The van der Waals surface area contributed by atoms with Crippen LogP contribution in [0, 0.1) is 0 Å². The Morgan fingerprint density at radius 3 is 1.88 bits per heavy atom.